The van der Waals surface area contributed by atoms with Gasteiger partial charge in [0.25, 0.3) is 5.56 Å². The second kappa shape index (κ2) is 8.69. The molecular weight excluding hydrogens is 422 g/mol. The maximum atomic E-state index is 13.1. The van der Waals surface area contributed by atoms with Gasteiger partial charge in [-0.2, -0.15) is 0 Å². The van der Waals surface area contributed by atoms with Gasteiger partial charge in [0.05, 0.1) is 18.3 Å². The highest BCUT2D eigenvalue weighted by Gasteiger charge is 2.15. The third kappa shape index (κ3) is 4.22. The molecule has 0 spiro atoms. The standard InChI is InChI=1S/C22H18ClN3O3S/c1-2-29-17-9-3-14(4-10-17)18-12-30-21-20(18)22(28)26(13-24-21)11-19(27)25-16-7-5-15(23)6-8-16/h3-10,12-13H,2,11H2,1H3,(H,25,27). The Morgan fingerprint density at radius 2 is 1.90 bits per heavy atom. The Balaban J connectivity index is 1.61. The number of rotatable bonds is 6. The first-order valence-corrected chi connectivity index (χ1v) is 10.6. The average Bonchev–Trinajstić information content (AvgIpc) is 3.18. The van der Waals surface area contributed by atoms with Crippen LogP contribution >= 0.6 is 22.9 Å². The zero-order chi connectivity index (χ0) is 21.1. The summed E-state index contributed by atoms with van der Waals surface area (Å²) in [5.41, 5.74) is 2.04. The fourth-order valence-corrected chi connectivity index (χ4v) is 4.11. The van der Waals surface area contributed by atoms with E-state index in [0.717, 1.165) is 16.9 Å². The van der Waals surface area contributed by atoms with E-state index in [1.54, 1.807) is 24.3 Å². The van der Waals surface area contributed by atoms with Crippen molar-refractivity contribution in [1.29, 1.82) is 0 Å². The van der Waals surface area contributed by atoms with Crippen molar-refractivity contribution in [2.45, 2.75) is 13.5 Å². The van der Waals surface area contributed by atoms with E-state index in [1.165, 1.54) is 22.2 Å². The average molecular weight is 440 g/mol. The molecule has 0 saturated carbocycles. The molecule has 0 aliphatic carbocycles. The number of thiophene rings is 1. The number of fused-ring (bicyclic) bond motifs is 1. The predicted octanol–water partition coefficient (Wildman–Crippen LogP) is 4.82. The largest absolute Gasteiger partial charge is 0.494 e. The highest BCUT2D eigenvalue weighted by molar-refractivity contribution is 7.17. The zero-order valence-electron chi connectivity index (χ0n) is 16.1. The first kappa shape index (κ1) is 20.1. The Morgan fingerprint density at radius 1 is 1.17 bits per heavy atom. The number of nitrogens with one attached hydrogen (secondary N) is 1. The summed E-state index contributed by atoms with van der Waals surface area (Å²) in [5.74, 6) is 0.452. The molecule has 0 unspecified atom stereocenters. The van der Waals surface area contributed by atoms with Crippen LogP contribution < -0.4 is 15.6 Å². The van der Waals surface area contributed by atoms with Gasteiger partial charge in [-0.05, 0) is 48.9 Å². The van der Waals surface area contributed by atoms with Gasteiger partial charge in [0.1, 0.15) is 17.1 Å². The number of halogens is 1. The number of amides is 1. The Morgan fingerprint density at radius 3 is 2.60 bits per heavy atom. The van der Waals surface area contributed by atoms with Crippen LogP contribution in [0, 0.1) is 0 Å². The first-order chi connectivity index (χ1) is 14.5. The van der Waals surface area contributed by atoms with Crippen molar-refractivity contribution >= 4 is 44.7 Å². The molecule has 8 heteroatoms. The van der Waals surface area contributed by atoms with Crippen molar-refractivity contribution in [3.05, 3.63) is 75.6 Å². The van der Waals surface area contributed by atoms with E-state index in [-0.39, 0.29) is 18.0 Å². The van der Waals surface area contributed by atoms with E-state index < -0.39 is 0 Å². The van der Waals surface area contributed by atoms with E-state index in [4.69, 9.17) is 16.3 Å². The summed E-state index contributed by atoms with van der Waals surface area (Å²) < 4.78 is 6.80. The molecule has 0 saturated heterocycles. The first-order valence-electron chi connectivity index (χ1n) is 9.30. The van der Waals surface area contributed by atoms with Gasteiger partial charge in [0.15, 0.2) is 0 Å². The Labute approximate surface area is 181 Å². The van der Waals surface area contributed by atoms with E-state index in [9.17, 15) is 9.59 Å². The van der Waals surface area contributed by atoms with Crippen molar-refractivity contribution < 1.29 is 9.53 Å². The lowest BCUT2D eigenvalue weighted by Gasteiger charge is -2.08. The Bertz CT molecular complexity index is 1250. The van der Waals surface area contributed by atoms with E-state index in [0.29, 0.717) is 27.5 Å². The maximum absolute atomic E-state index is 13.1. The molecule has 4 rings (SSSR count). The third-order valence-corrected chi connectivity index (χ3v) is 5.62. The second-order valence-electron chi connectivity index (χ2n) is 6.52. The van der Waals surface area contributed by atoms with Gasteiger partial charge in [-0.1, -0.05) is 23.7 Å². The van der Waals surface area contributed by atoms with Gasteiger partial charge in [-0.25, -0.2) is 4.98 Å². The molecule has 1 amide bonds. The summed E-state index contributed by atoms with van der Waals surface area (Å²) in [6.07, 6.45) is 1.41. The Hall–Kier alpha value is -3.16. The molecule has 1 N–H and O–H groups in total. The molecule has 30 heavy (non-hydrogen) atoms. The quantitative estimate of drug-likeness (QED) is 0.467. The summed E-state index contributed by atoms with van der Waals surface area (Å²) in [6.45, 7) is 2.38. The summed E-state index contributed by atoms with van der Waals surface area (Å²) in [7, 11) is 0. The van der Waals surface area contributed by atoms with Gasteiger partial charge in [0.2, 0.25) is 5.91 Å². The predicted molar refractivity (Wildman–Crippen MR) is 121 cm³/mol. The van der Waals surface area contributed by atoms with Crippen LogP contribution in [0.1, 0.15) is 6.92 Å². The van der Waals surface area contributed by atoms with Crippen LogP contribution in [0.4, 0.5) is 5.69 Å². The summed E-state index contributed by atoms with van der Waals surface area (Å²) in [4.78, 5) is 30.5. The number of carbonyl (C=O) groups is 1. The lowest BCUT2D eigenvalue weighted by atomic mass is 10.1. The molecule has 0 radical (unpaired) electrons. The maximum Gasteiger partial charge on any atom is 0.263 e. The van der Waals surface area contributed by atoms with Crippen LogP contribution in [0.3, 0.4) is 0 Å². The molecule has 0 aliphatic heterocycles. The van der Waals surface area contributed by atoms with Crippen molar-refractivity contribution in [2.24, 2.45) is 0 Å². The lowest BCUT2D eigenvalue weighted by molar-refractivity contribution is -0.116. The smallest absolute Gasteiger partial charge is 0.263 e. The van der Waals surface area contributed by atoms with Gasteiger partial charge in [0, 0.05) is 21.7 Å². The van der Waals surface area contributed by atoms with Crippen LogP contribution in [0.25, 0.3) is 21.3 Å². The highest BCUT2D eigenvalue weighted by atomic mass is 35.5. The molecular formula is C22H18ClN3O3S. The number of aromatic nitrogens is 2. The fraction of sp³-hybridized carbons (Fsp3) is 0.136. The highest BCUT2D eigenvalue weighted by Crippen LogP contribution is 2.31. The summed E-state index contributed by atoms with van der Waals surface area (Å²) >= 11 is 7.26. The minimum Gasteiger partial charge on any atom is -0.494 e. The molecule has 152 valence electrons. The molecule has 4 aromatic rings. The van der Waals surface area contributed by atoms with Crippen molar-refractivity contribution in [2.75, 3.05) is 11.9 Å². The summed E-state index contributed by atoms with van der Waals surface area (Å²) in [5, 5.41) is 5.75. The van der Waals surface area contributed by atoms with Gasteiger partial charge >= 0.3 is 0 Å². The van der Waals surface area contributed by atoms with Crippen molar-refractivity contribution in [3.8, 4) is 16.9 Å². The molecule has 0 aliphatic rings. The van der Waals surface area contributed by atoms with Crippen LogP contribution in [0.2, 0.25) is 5.02 Å². The lowest BCUT2D eigenvalue weighted by Crippen LogP contribution is -2.27. The second-order valence-corrected chi connectivity index (χ2v) is 7.81. The zero-order valence-corrected chi connectivity index (χ0v) is 17.7. The number of benzene rings is 2. The van der Waals surface area contributed by atoms with E-state index >= 15 is 0 Å². The third-order valence-electron chi connectivity index (χ3n) is 4.48. The van der Waals surface area contributed by atoms with Crippen LogP contribution in [0.15, 0.2) is 65.0 Å². The van der Waals surface area contributed by atoms with Crippen LogP contribution in [-0.4, -0.2) is 22.1 Å². The van der Waals surface area contributed by atoms with Crippen molar-refractivity contribution in [3.63, 3.8) is 0 Å². The molecule has 6 nitrogen and oxygen atoms in total. The normalized spacial score (nSPS) is 10.9. The van der Waals surface area contributed by atoms with Crippen molar-refractivity contribution in [1.82, 2.24) is 9.55 Å². The van der Waals surface area contributed by atoms with E-state index in [1.807, 2.05) is 36.6 Å². The number of anilines is 1. The fourth-order valence-electron chi connectivity index (χ4n) is 3.08. The van der Waals surface area contributed by atoms with Crippen LogP contribution in [0.5, 0.6) is 5.75 Å². The molecule has 0 bridgehead atoms. The number of carbonyl (C=O) groups excluding carboxylic acids is 1. The number of hydrogen-bond donors (Lipinski definition) is 1. The number of nitrogens with zero attached hydrogens (tertiary/aromatic N) is 2. The minimum absolute atomic E-state index is 0.136. The number of hydrogen-bond acceptors (Lipinski definition) is 5. The van der Waals surface area contributed by atoms with Gasteiger partial charge < -0.3 is 10.1 Å². The van der Waals surface area contributed by atoms with Gasteiger partial charge in [-0.15, -0.1) is 11.3 Å². The monoisotopic (exact) mass is 439 g/mol. The summed E-state index contributed by atoms with van der Waals surface area (Å²) in [6, 6.07) is 14.3. The Kier molecular flexibility index (Phi) is 5.83. The van der Waals surface area contributed by atoms with Crippen LogP contribution in [-0.2, 0) is 11.3 Å². The minimum atomic E-state index is -0.321. The molecule has 2 aromatic carbocycles. The molecule has 0 atom stereocenters. The SMILES string of the molecule is CCOc1ccc(-c2csc3ncn(CC(=O)Nc4ccc(Cl)cc4)c(=O)c23)cc1. The molecule has 2 heterocycles. The molecule has 0 fully saturated rings. The molecule has 2 aromatic heterocycles. The topological polar surface area (TPSA) is 73.2 Å². The number of ether oxygens (including phenoxy) is 1. The van der Waals surface area contributed by atoms with E-state index in [2.05, 4.69) is 10.3 Å². The van der Waals surface area contributed by atoms with Gasteiger partial charge in [-0.3, -0.25) is 14.2 Å².